The average molecular weight is 574 g/mol. The summed E-state index contributed by atoms with van der Waals surface area (Å²) in [6.45, 7) is 9.53. The van der Waals surface area contributed by atoms with Gasteiger partial charge in [0.25, 0.3) is 5.91 Å². The van der Waals surface area contributed by atoms with Gasteiger partial charge >= 0.3 is 0 Å². The fourth-order valence-corrected chi connectivity index (χ4v) is 6.94. The fourth-order valence-electron chi connectivity index (χ4n) is 6.10. The molecule has 2 N–H and O–H groups in total. The summed E-state index contributed by atoms with van der Waals surface area (Å²) < 4.78 is 5.00. The van der Waals surface area contributed by atoms with Crippen LogP contribution in [0.2, 0.25) is 0 Å². The van der Waals surface area contributed by atoms with Crippen molar-refractivity contribution in [3.05, 3.63) is 64.6 Å². The minimum absolute atomic E-state index is 0.166. The van der Waals surface area contributed by atoms with Crippen molar-refractivity contribution < 1.29 is 14.4 Å². The largest absolute Gasteiger partial charge is 0.393 e. The lowest BCUT2D eigenvalue weighted by molar-refractivity contribution is 0.0795. The molecule has 2 atom stereocenters. The summed E-state index contributed by atoms with van der Waals surface area (Å²) in [4.78, 5) is 26.5. The zero-order valence-corrected chi connectivity index (χ0v) is 24.9. The van der Waals surface area contributed by atoms with Crippen molar-refractivity contribution in [2.75, 3.05) is 19.6 Å². The molecule has 9 heteroatoms. The standard InChI is InChI=1S/C32H39N5O3S/c1-32(2,3)24-8-9-26-22(16-24)17-28-30(35-26)41-31(36-28)29(39)34-27(12-15-37-13-10-25(38)11-14-37)21-6-4-20(5-7-21)23-18-33-40-19-23/h4-7,17-19,24-25,27,38H,8-16H2,1-3H3,(H,34,39)/t24-,27+/m0/s1. The number of fused-ring (bicyclic) bond motifs is 2. The van der Waals surface area contributed by atoms with Crippen molar-refractivity contribution in [1.82, 2.24) is 25.3 Å². The third kappa shape index (κ3) is 6.37. The summed E-state index contributed by atoms with van der Waals surface area (Å²) in [5, 5.41) is 17.4. The number of pyridine rings is 1. The van der Waals surface area contributed by atoms with Crippen LogP contribution in [0.15, 0.2) is 47.3 Å². The molecule has 0 spiro atoms. The highest BCUT2D eigenvalue weighted by atomic mass is 32.1. The first-order valence-corrected chi connectivity index (χ1v) is 15.5. The van der Waals surface area contributed by atoms with Gasteiger partial charge in [-0.25, -0.2) is 9.97 Å². The monoisotopic (exact) mass is 573 g/mol. The molecule has 3 aromatic heterocycles. The number of likely N-dealkylation sites (tertiary alicyclic amines) is 1. The molecule has 4 aromatic rings. The van der Waals surface area contributed by atoms with Crippen LogP contribution in [0.25, 0.3) is 21.5 Å². The van der Waals surface area contributed by atoms with Crippen LogP contribution < -0.4 is 5.32 Å². The number of piperidine rings is 1. The van der Waals surface area contributed by atoms with E-state index in [1.807, 2.05) is 12.1 Å². The van der Waals surface area contributed by atoms with Gasteiger partial charge in [-0.05, 0) is 72.6 Å². The van der Waals surface area contributed by atoms with Crippen molar-refractivity contribution in [3.63, 3.8) is 0 Å². The number of amides is 1. The van der Waals surface area contributed by atoms with Crippen LogP contribution in [0.4, 0.5) is 0 Å². The van der Waals surface area contributed by atoms with Gasteiger partial charge in [-0.1, -0.05) is 61.5 Å². The summed E-state index contributed by atoms with van der Waals surface area (Å²) in [5.41, 5.74) is 6.48. The van der Waals surface area contributed by atoms with E-state index >= 15 is 0 Å². The number of carbonyl (C=O) groups excluding carboxylic acids is 1. The normalized spacial score (nSPS) is 19.3. The van der Waals surface area contributed by atoms with Crippen molar-refractivity contribution in [2.24, 2.45) is 11.3 Å². The van der Waals surface area contributed by atoms with Crippen molar-refractivity contribution in [1.29, 1.82) is 0 Å². The van der Waals surface area contributed by atoms with Crippen molar-refractivity contribution in [3.8, 4) is 11.1 Å². The number of rotatable bonds is 7. The van der Waals surface area contributed by atoms with E-state index < -0.39 is 0 Å². The van der Waals surface area contributed by atoms with E-state index in [0.717, 1.165) is 90.9 Å². The smallest absolute Gasteiger partial charge is 0.280 e. The molecular weight excluding hydrogens is 534 g/mol. The molecule has 0 radical (unpaired) electrons. The van der Waals surface area contributed by atoms with Crippen LogP contribution in [-0.2, 0) is 12.8 Å². The molecular formula is C32H39N5O3S. The third-order valence-corrected chi connectivity index (χ3v) is 9.81. The highest BCUT2D eigenvalue weighted by molar-refractivity contribution is 7.19. The number of aliphatic hydroxyl groups is 1. The summed E-state index contributed by atoms with van der Waals surface area (Å²) >= 11 is 1.38. The maximum Gasteiger partial charge on any atom is 0.280 e. The van der Waals surface area contributed by atoms with E-state index in [4.69, 9.17) is 14.5 Å². The second-order valence-electron chi connectivity index (χ2n) is 12.7. The number of nitrogens with one attached hydrogen (secondary N) is 1. The molecule has 1 aliphatic heterocycles. The molecule has 0 bridgehead atoms. The maximum atomic E-state index is 13.6. The Morgan fingerprint density at radius 3 is 2.63 bits per heavy atom. The van der Waals surface area contributed by atoms with Gasteiger partial charge in [0.1, 0.15) is 16.6 Å². The summed E-state index contributed by atoms with van der Waals surface area (Å²) in [6, 6.07) is 10.2. The third-order valence-electron chi connectivity index (χ3n) is 8.84. The zero-order valence-electron chi connectivity index (χ0n) is 24.1. The van der Waals surface area contributed by atoms with Gasteiger partial charge in [-0.15, -0.1) is 0 Å². The Kier molecular flexibility index (Phi) is 7.94. The molecule has 2 aliphatic rings. The first-order chi connectivity index (χ1) is 19.7. The molecule has 1 amide bonds. The number of carbonyl (C=O) groups is 1. The summed E-state index contributed by atoms with van der Waals surface area (Å²) in [5.74, 6) is 0.455. The van der Waals surface area contributed by atoms with E-state index in [1.165, 1.54) is 16.9 Å². The molecule has 1 aromatic carbocycles. The second kappa shape index (κ2) is 11.6. The number of hydrogen-bond acceptors (Lipinski definition) is 8. The van der Waals surface area contributed by atoms with Crippen LogP contribution in [-0.4, -0.2) is 56.8 Å². The Balaban J connectivity index is 1.21. The lowest BCUT2D eigenvalue weighted by Crippen LogP contribution is -2.38. The molecule has 4 heterocycles. The highest BCUT2D eigenvalue weighted by Crippen LogP contribution is 2.38. The maximum absolute atomic E-state index is 13.6. The van der Waals surface area contributed by atoms with Crippen molar-refractivity contribution >= 4 is 27.6 Å². The predicted octanol–water partition coefficient (Wildman–Crippen LogP) is 5.82. The lowest BCUT2D eigenvalue weighted by Gasteiger charge is -2.34. The average Bonchev–Trinajstić information content (AvgIpc) is 3.64. The predicted molar refractivity (Wildman–Crippen MR) is 161 cm³/mol. The number of benzene rings is 1. The van der Waals surface area contributed by atoms with E-state index in [0.29, 0.717) is 10.9 Å². The molecule has 216 valence electrons. The van der Waals surface area contributed by atoms with E-state index in [1.54, 1.807) is 12.5 Å². The molecule has 6 rings (SSSR count). The topological polar surface area (TPSA) is 104 Å². The highest BCUT2D eigenvalue weighted by Gasteiger charge is 2.30. The summed E-state index contributed by atoms with van der Waals surface area (Å²) in [7, 11) is 0. The van der Waals surface area contributed by atoms with Gasteiger partial charge in [0.05, 0.1) is 18.3 Å². The number of aryl methyl sites for hydroxylation is 1. The minimum Gasteiger partial charge on any atom is -0.393 e. The van der Waals surface area contributed by atoms with Gasteiger partial charge in [0.2, 0.25) is 0 Å². The molecule has 1 aliphatic carbocycles. The number of aliphatic hydroxyl groups excluding tert-OH is 1. The quantitative estimate of drug-likeness (QED) is 0.287. The zero-order chi connectivity index (χ0) is 28.6. The van der Waals surface area contributed by atoms with E-state index in [-0.39, 0.29) is 23.5 Å². The lowest BCUT2D eigenvalue weighted by atomic mass is 9.71. The first kappa shape index (κ1) is 28.0. The molecule has 0 unspecified atom stereocenters. The van der Waals surface area contributed by atoms with Gasteiger partial charge in [-0.3, -0.25) is 4.79 Å². The minimum atomic E-state index is -0.204. The molecule has 8 nitrogen and oxygen atoms in total. The molecule has 1 saturated heterocycles. The fraction of sp³-hybridized carbons (Fsp3) is 0.500. The van der Waals surface area contributed by atoms with Gasteiger partial charge in [0, 0.05) is 30.9 Å². The Hall–Kier alpha value is -3.14. The van der Waals surface area contributed by atoms with Crippen LogP contribution >= 0.6 is 11.3 Å². The molecule has 41 heavy (non-hydrogen) atoms. The Labute approximate surface area is 245 Å². The van der Waals surface area contributed by atoms with Gasteiger partial charge < -0.3 is 19.8 Å². The summed E-state index contributed by atoms with van der Waals surface area (Å²) in [6.07, 6.45) is 8.61. The van der Waals surface area contributed by atoms with Crippen LogP contribution in [0, 0.1) is 11.3 Å². The number of aromatic nitrogens is 3. The Morgan fingerprint density at radius 2 is 1.93 bits per heavy atom. The Morgan fingerprint density at radius 1 is 1.15 bits per heavy atom. The van der Waals surface area contributed by atoms with E-state index in [2.05, 4.69) is 54.3 Å². The van der Waals surface area contributed by atoms with Crippen LogP contribution in [0.1, 0.15) is 79.1 Å². The number of hydrogen-bond donors (Lipinski definition) is 2. The van der Waals surface area contributed by atoms with Crippen LogP contribution in [0.5, 0.6) is 0 Å². The second-order valence-corrected chi connectivity index (χ2v) is 13.6. The molecule has 1 fully saturated rings. The van der Waals surface area contributed by atoms with Crippen LogP contribution in [0.3, 0.4) is 0 Å². The van der Waals surface area contributed by atoms with Gasteiger partial charge in [0.15, 0.2) is 5.01 Å². The SMILES string of the molecule is CC(C)(C)[C@H]1CCc2nc3sc(C(=O)N[C@H](CCN4CCC(O)CC4)c4ccc(-c5cnoc5)cc4)nc3cc2C1. The number of nitrogens with zero attached hydrogens (tertiary/aromatic N) is 4. The first-order valence-electron chi connectivity index (χ1n) is 14.7. The Bertz CT molecular complexity index is 1480. The van der Waals surface area contributed by atoms with Gasteiger partial charge in [-0.2, -0.15) is 0 Å². The molecule has 0 saturated carbocycles. The van der Waals surface area contributed by atoms with Crippen molar-refractivity contribution in [2.45, 2.75) is 71.4 Å². The number of thiazole rings is 1. The van der Waals surface area contributed by atoms with E-state index in [9.17, 15) is 9.90 Å².